The Bertz CT molecular complexity index is 476. The summed E-state index contributed by atoms with van der Waals surface area (Å²) in [7, 11) is 0. The van der Waals surface area contributed by atoms with Gasteiger partial charge in [0, 0.05) is 0 Å². The van der Waals surface area contributed by atoms with Crippen LogP contribution in [0.25, 0.3) is 0 Å². The Hall–Kier alpha value is -1.88. The number of hydrogen-bond acceptors (Lipinski definition) is 4. The first-order valence-corrected chi connectivity index (χ1v) is 5.71. The number of nitrogens with one attached hydrogen (secondary N) is 1. The minimum absolute atomic E-state index is 0.247. The monoisotopic (exact) mass is 230 g/mol. The minimum Gasteiger partial charge on any atom is -0.490 e. The van der Waals surface area contributed by atoms with Crippen molar-refractivity contribution < 1.29 is 4.74 Å². The van der Waals surface area contributed by atoms with Crippen molar-refractivity contribution in [3.8, 4) is 5.75 Å². The van der Waals surface area contributed by atoms with Gasteiger partial charge in [-0.3, -0.25) is 0 Å². The lowest BCUT2D eigenvalue weighted by Gasteiger charge is -2.10. The molecule has 0 spiro atoms. The van der Waals surface area contributed by atoms with Gasteiger partial charge < -0.3 is 10.5 Å². The third kappa shape index (κ3) is 2.29. The second kappa shape index (κ2) is 4.18. The highest BCUT2D eigenvalue weighted by Gasteiger charge is 2.23. The van der Waals surface area contributed by atoms with E-state index in [1.165, 1.54) is 12.8 Å². The zero-order valence-corrected chi connectivity index (χ0v) is 9.34. The number of hydrogen-bond donors (Lipinski definition) is 2. The van der Waals surface area contributed by atoms with Crippen LogP contribution in [0.2, 0.25) is 0 Å². The Balaban J connectivity index is 1.74. The number of nitrogens with two attached hydrogens (primary N) is 1. The van der Waals surface area contributed by atoms with Crippen molar-refractivity contribution in [2.24, 2.45) is 5.73 Å². The summed E-state index contributed by atoms with van der Waals surface area (Å²) in [5, 5.41) is 10.3. The minimum atomic E-state index is -0.247. The molecule has 0 amide bonds. The smallest absolute Gasteiger partial charge is 0.119 e. The van der Waals surface area contributed by atoms with Crippen molar-refractivity contribution in [2.75, 3.05) is 0 Å². The first-order chi connectivity index (χ1) is 8.33. The van der Waals surface area contributed by atoms with Crippen molar-refractivity contribution in [3.05, 3.63) is 41.7 Å². The molecule has 3 rings (SSSR count). The van der Waals surface area contributed by atoms with Gasteiger partial charge in [-0.2, -0.15) is 15.4 Å². The highest BCUT2D eigenvalue weighted by molar-refractivity contribution is 5.32. The van der Waals surface area contributed by atoms with E-state index in [9.17, 15) is 0 Å². The van der Waals surface area contributed by atoms with E-state index in [0.29, 0.717) is 6.10 Å². The second-order valence-corrected chi connectivity index (χ2v) is 4.26. The summed E-state index contributed by atoms with van der Waals surface area (Å²) < 4.78 is 5.68. The summed E-state index contributed by atoms with van der Waals surface area (Å²) in [6.07, 6.45) is 4.39. The molecule has 0 aliphatic heterocycles. The lowest BCUT2D eigenvalue weighted by atomic mass is 10.1. The predicted molar refractivity (Wildman–Crippen MR) is 62.5 cm³/mol. The molecule has 0 saturated heterocycles. The van der Waals surface area contributed by atoms with Crippen LogP contribution in [0.4, 0.5) is 0 Å². The fraction of sp³-hybridized carbons (Fsp3) is 0.333. The molecule has 17 heavy (non-hydrogen) atoms. The molecule has 1 aromatic heterocycles. The molecule has 0 bridgehead atoms. The Morgan fingerprint density at radius 2 is 2.06 bits per heavy atom. The van der Waals surface area contributed by atoms with Crippen molar-refractivity contribution in [3.63, 3.8) is 0 Å². The Kier molecular flexibility index (Phi) is 2.53. The first-order valence-electron chi connectivity index (χ1n) is 5.71. The van der Waals surface area contributed by atoms with Gasteiger partial charge in [0.25, 0.3) is 0 Å². The number of ether oxygens (including phenoxy) is 1. The van der Waals surface area contributed by atoms with Crippen molar-refractivity contribution in [1.82, 2.24) is 15.4 Å². The number of H-pyrrole nitrogens is 1. The van der Waals surface area contributed by atoms with Crippen LogP contribution < -0.4 is 10.5 Å². The zero-order valence-electron chi connectivity index (χ0n) is 9.34. The van der Waals surface area contributed by atoms with E-state index >= 15 is 0 Å². The maximum absolute atomic E-state index is 6.06. The van der Waals surface area contributed by atoms with Gasteiger partial charge in [0.05, 0.1) is 18.3 Å². The van der Waals surface area contributed by atoms with Crippen LogP contribution in [0, 0.1) is 0 Å². The van der Waals surface area contributed by atoms with Gasteiger partial charge in [0.1, 0.15) is 11.4 Å². The van der Waals surface area contributed by atoms with E-state index in [-0.39, 0.29) is 6.04 Å². The quantitative estimate of drug-likeness (QED) is 0.832. The Morgan fingerprint density at radius 1 is 1.29 bits per heavy atom. The topological polar surface area (TPSA) is 76.8 Å². The van der Waals surface area contributed by atoms with E-state index < -0.39 is 0 Å². The average molecular weight is 230 g/mol. The molecular weight excluding hydrogens is 216 g/mol. The van der Waals surface area contributed by atoms with Gasteiger partial charge >= 0.3 is 0 Å². The molecule has 1 heterocycles. The van der Waals surface area contributed by atoms with Crippen LogP contribution in [-0.4, -0.2) is 21.5 Å². The molecule has 1 atom stereocenters. The summed E-state index contributed by atoms with van der Waals surface area (Å²) in [4.78, 5) is 0. The van der Waals surface area contributed by atoms with Crippen LogP contribution >= 0.6 is 0 Å². The predicted octanol–water partition coefficient (Wildman–Crippen LogP) is 1.39. The first kappa shape index (κ1) is 10.3. The fourth-order valence-electron chi connectivity index (χ4n) is 1.66. The van der Waals surface area contributed by atoms with Gasteiger partial charge in [-0.05, 0) is 30.5 Å². The normalized spacial score (nSPS) is 16.8. The standard InChI is InChI=1S/C12H14N4O/c13-12(11-7-14-16-15-11)8-1-3-9(4-2-8)17-10-5-6-10/h1-4,7,10,12H,5-6,13H2,(H,14,15,16). The average Bonchev–Trinajstić information content (AvgIpc) is 3.00. The van der Waals surface area contributed by atoms with Crippen molar-refractivity contribution in [1.29, 1.82) is 0 Å². The summed E-state index contributed by atoms with van der Waals surface area (Å²) in [5.74, 6) is 0.906. The number of benzene rings is 1. The Labute approximate surface area is 99.0 Å². The summed E-state index contributed by atoms with van der Waals surface area (Å²) >= 11 is 0. The number of aromatic nitrogens is 3. The van der Waals surface area contributed by atoms with Crippen LogP contribution in [0.15, 0.2) is 30.5 Å². The van der Waals surface area contributed by atoms with E-state index in [0.717, 1.165) is 17.0 Å². The molecular formula is C12H14N4O. The SMILES string of the molecule is NC(c1ccc(OC2CC2)cc1)c1cn[nH]n1. The third-order valence-corrected chi connectivity index (χ3v) is 2.82. The van der Waals surface area contributed by atoms with Crippen molar-refractivity contribution in [2.45, 2.75) is 25.0 Å². The lowest BCUT2D eigenvalue weighted by molar-refractivity contribution is 0.303. The highest BCUT2D eigenvalue weighted by atomic mass is 16.5. The molecule has 1 aliphatic rings. The maximum atomic E-state index is 6.06. The molecule has 1 aromatic carbocycles. The van der Waals surface area contributed by atoms with Gasteiger partial charge in [-0.1, -0.05) is 12.1 Å². The summed E-state index contributed by atoms with van der Waals surface area (Å²) in [6.45, 7) is 0. The van der Waals surface area contributed by atoms with E-state index in [4.69, 9.17) is 10.5 Å². The van der Waals surface area contributed by atoms with Gasteiger partial charge in [0.15, 0.2) is 0 Å². The number of nitrogens with zero attached hydrogens (tertiary/aromatic N) is 2. The van der Waals surface area contributed by atoms with E-state index in [2.05, 4.69) is 15.4 Å². The maximum Gasteiger partial charge on any atom is 0.119 e. The lowest BCUT2D eigenvalue weighted by Crippen LogP contribution is -2.12. The molecule has 1 unspecified atom stereocenters. The van der Waals surface area contributed by atoms with Gasteiger partial charge in [-0.15, -0.1) is 0 Å². The number of aromatic amines is 1. The van der Waals surface area contributed by atoms with Crippen molar-refractivity contribution >= 4 is 0 Å². The zero-order chi connectivity index (χ0) is 11.7. The highest BCUT2D eigenvalue weighted by Crippen LogP contribution is 2.27. The third-order valence-electron chi connectivity index (χ3n) is 2.82. The van der Waals surface area contributed by atoms with E-state index in [1.54, 1.807) is 6.20 Å². The molecule has 2 aromatic rings. The molecule has 0 radical (unpaired) electrons. The summed E-state index contributed by atoms with van der Waals surface area (Å²) in [6, 6.07) is 7.60. The molecule has 3 N–H and O–H groups in total. The van der Waals surface area contributed by atoms with Crippen LogP contribution in [0.5, 0.6) is 5.75 Å². The molecule has 1 fully saturated rings. The molecule has 5 nitrogen and oxygen atoms in total. The molecule has 1 aliphatic carbocycles. The fourth-order valence-corrected chi connectivity index (χ4v) is 1.66. The second-order valence-electron chi connectivity index (χ2n) is 4.26. The van der Waals surface area contributed by atoms with E-state index in [1.807, 2.05) is 24.3 Å². The largest absolute Gasteiger partial charge is 0.490 e. The molecule has 5 heteroatoms. The number of rotatable bonds is 4. The van der Waals surface area contributed by atoms with Crippen LogP contribution in [0.1, 0.15) is 30.1 Å². The Morgan fingerprint density at radius 3 is 2.65 bits per heavy atom. The van der Waals surface area contributed by atoms with Crippen LogP contribution in [-0.2, 0) is 0 Å². The van der Waals surface area contributed by atoms with Gasteiger partial charge in [-0.25, -0.2) is 0 Å². The van der Waals surface area contributed by atoms with Gasteiger partial charge in [0.2, 0.25) is 0 Å². The molecule has 1 saturated carbocycles. The van der Waals surface area contributed by atoms with Crippen LogP contribution in [0.3, 0.4) is 0 Å². The summed E-state index contributed by atoms with van der Waals surface area (Å²) in [5.41, 5.74) is 7.80. The molecule has 88 valence electrons.